The van der Waals surface area contributed by atoms with E-state index in [2.05, 4.69) is 4.98 Å². The summed E-state index contributed by atoms with van der Waals surface area (Å²) in [5.41, 5.74) is 1.16. The number of rotatable bonds is 2. The van der Waals surface area contributed by atoms with Crippen molar-refractivity contribution in [3.05, 3.63) is 63.3 Å². The Morgan fingerprint density at radius 3 is 2.42 bits per heavy atom. The Hall–Kier alpha value is -1.61. The maximum Gasteiger partial charge on any atom is 0.273 e. The van der Waals surface area contributed by atoms with Gasteiger partial charge in [-0.25, -0.2) is 4.98 Å². The van der Waals surface area contributed by atoms with Crippen molar-refractivity contribution in [1.82, 2.24) is 9.55 Å². The van der Waals surface area contributed by atoms with Crippen LogP contribution in [0.1, 0.15) is 32.0 Å². The lowest BCUT2D eigenvalue weighted by Gasteiger charge is -2.18. The first-order valence-electron chi connectivity index (χ1n) is 6.19. The lowest BCUT2D eigenvalue weighted by atomic mass is 9.92. The molecule has 0 fully saturated rings. The molecule has 4 heteroatoms. The van der Waals surface area contributed by atoms with Gasteiger partial charge >= 0.3 is 0 Å². The molecular formula is C15H17ClN2O. The van der Waals surface area contributed by atoms with Crippen molar-refractivity contribution in [3.8, 4) is 0 Å². The van der Waals surface area contributed by atoms with Gasteiger partial charge in [0.2, 0.25) is 0 Å². The summed E-state index contributed by atoms with van der Waals surface area (Å²) in [6.45, 7) is 6.38. The normalized spacial score (nSPS) is 11.6. The standard InChI is InChI=1S/C15H17ClN2O/c1-15(2,3)13-14(19)18(10-12(16)17-13)9-11-7-5-4-6-8-11/h4-8,10H,9H2,1-3H3. The van der Waals surface area contributed by atoms with E-state index in [1.54, 1.807) is 10.8 Å². The first-order chi connectivity index (χ1) is 8.88. The third-order valence-corrected chi connectivity index (χ3v) is 3.03. The van der Waals surface area contributed by atoms with Gasteiger partial charge in [-0.05, 0) is 5.56 Å². The fraction of sp³-hybridized carbons (Fsp3) is 0.333. The van der Waals surface area contributed by atoms with E-state index in [-0.39, 0.29) is 11.0 Å². The van der Waals surface area contributed by atoms with Crippen LogP contribution in [0.5, 0.6) is 0 Å². The lowest BCUT2D eigenvalue weighted by Crippen LogP contribution is -2.32. The van der Waals surface area contributed by atoms with Gasteiger partial charge in [0.25, 0.3) is 5.56 Å². The lowest BCUT2D eigenvalue weighted by molar-refractivity contribution is 0.544. The molecule has 100 valence electrons. The fourth-order valence-electron chi connectivity index (χ4n) is 1.89. The Balaban J connectivity index is 2.48. The van der Waals surface area contributed by atoms with E-state index in [1.165, 1.54) is 0 Å². The van der Waals surface area contributed by atoms with E-state index >= 15 is 0 Å². The third-order valence-electron chi connectivity index (χ3n) is 2.85. The van der Waals surface area contributed by atoms with E-state index in [0.29, 0.717) is 17.4 Å². The van der Waals surface area contributed by atoms with Crippen molar-refractivity contribution < 1.29 is 0 Å². The van der Waals surface area contributed by atoms with Crippen LogP contribution >= 0.6 is 11.6 Å². The van der Waals surface area contributed by atoms with Crippen molar-refractivity contribution >= 4 is 11.6 Å². The number of hydrogen-bond donors (Lipinski definition) is 0. The molecule has 0 N–H and O–H groups in total. The van der Waals surface area contributed by atoms with Crippen molar-refractivity contribution in [3.63, 3.8) is 0 Å². The molecule has 0 saturated heterocycles. The van der Waals surface area contributed by atoms with Gasteiger partial charge in [0, 0.05) is 11.6 Å². The van der Waals surface area contributed by atoms with Gasteiger partial charge in [0.1, 0.15) is 10.8 Å². The van der Waals surface area contributed by atoms with Crippen LogP contribution in [-0.2, 0) is 12.0 Å². The molecule has 0 aliphatic carbocycles. The second-order valence-electron chi connectivity index (χ2n) is 5.58. The molecule has 2 rings (SSSR count). The highest BCUT2D eigenvalue weighted by atomic mass is 35.5. The van der Waals surface area contributed by atoms with Gasteiger partial charge in [-0.3, -0.25) is 4.79 Å². The average molecular weight is 277 g/mol. The van der Waals surface area contributed by atoms with Crippen molar-refractivity contribution in [2.45, 2.75) is 32.7 Å². The van der Waals surface area contributed by atoms with Crippen LogP contribution in [0.25, 0.3) is 0 Å². The molecular weight excluding hydrogens is 260 g/mol. The summed E-state index contributed by atoms with van der Waals surface area (Å²) in [7, 11) is 0. The van der Waals surface area contributed by atoms with Crippen molar-refractivity contribution in [1.29, 1.82) is 0 Å². The molecule has 1 aromatic carbocycles. The van der Waals surface area contributed by atoms with Crippen LogP contribution in [0.15, 0.2) is 41.3 Å². The largest absolute Gasteiger partial charge is 0.306 e. The van der Waals surface area contributed by atoms with Crippen LogP contribution in [0.4, 0.5) is 0 Å². The van der Waals surface area contributed by atoms with Crippen LogP contribution in [0.3, 0.4) is 0 Å². The summed E-state index contributed by atoms with van der Waals surface area (Å²) < 4.78 is 1.62. The molecule has 0 saturated carbocycles. The molecule has 0 bridgehead atoms. The van der Waals surface area contributed by atoms with Crippen LogP contribution in [0, 0.1) is 0 Å². The van der Waals surface area contributed by atoms with Gasteiger partial charge in [0.05, 0.1) is 6.54 Å². The van der Waals surface area contributed by atoms with E-state index in [9.17, 15) is 4.79 Å². The quantitative estimate of drug-likeness (QED) is 0.844. The molecule has 0 amide bonds. The minimum Gasteiger partial charge on any atom is -0.306 e. The highest BCUT2D eigenvalue weighted by Crippen LogP contribution is 2.18. The molecule has 19 heavy (non-hydrogen) atoms. The molecule has 1 heterocycles. The molecule has 0 aliphatic heterocycles. The first-order valence-corrected chi connectivity index (χ1v) is 6.57. The minimum atomic E-state index is -0.319. The Morgan fingerprint density at radius 2 is 1.84 bits per heavy atom. The van der Waals surface area contributed by atoms with E-state index < -0.39 is 0 Å². The maximum absolute atomic E-state index is 12.4. The van der Waals surface area contributed by atoms with Crippen molar-refractivity contribution in [2.75, 3.05) is 0 Å². The summed E-state index contributed by atoms with van der Waals surface area (Å²) in [6.07, 6.45) is 1.59. The molecule has 2 aromatic rings. The Bertz CT molecular complexity index is 627. The maximum atomic E-state index is 12.4. The summed E-state index contributed by atoms with van der Waals surface area (Å²) in [6, 6.07) is 9.82. The van der Waals surface area contributed by atoms with Crippen LogP contribution in [0.2, 0.25) is 5.15 Å². The van der Waals surface area contributed by atoms with Gasteiger partial charge in [0.15, 0.2) is 0 Å². The number of halogens is 1. The molecule has 0 atom stereocenters. The van der Waals surface area contributed by atoms with Gasteiger partial charge in [-0.15, -0.1) is 0 Å². The molecule has 0 radical (unpaired) electrons. The number of benzene rings is 1. The van der Waals surface area contributed by atoms with E-state index in [0.717, 1.165) is 5.56 Å². The van der Waals surface area contributed by atoms with Gasteiger partial charge in [-0.1, -0.05) is 62.7 Å². The second-order valence-corrected chi connectivity index (χ2v) is 5.97. The smallest absolute Gasteiger partial charge is 0.273 e. The highest BCUT2D eigenvalue weighted by molar-refractivity contribution is 6.29. The highest BCUT2D eigenvalue weighted by Gasteiger charge is 2.21. The van der Waals surface area contributed by atoms with Crippen LogP contribution < -0.4 is 5.56 Å². The van der Waals surface area contributed by atoms with Gasteiger partial charge < -0.3 is 4.57 Å². The number of aromatic nitrogens is 2. The molecule has 0 spiro atoms. The molecule has 0 unspecified atom stereocenters. The summed E-state index contributed by atoms with van der Waals surface area (Å²) in [5.74, 6) is 0. The van der Waals surface area contributed by atoms with E-state index in [1.807, 2.05) is 51.1 Å². The second kappa shape index (κ2) is 5.17. The monoisotopic (exact) mass is 276 g/mol. The third kappa shape index (κ3) is 3.24. The first kappa shape index (κ1) is 13.8. The zero-order valence-electron chi connectivity index (χ0n) is 11.4. The number of nitrogens with zero attached hydrogens (tertiary/aromatic N) is 2. The molecule has 3 nitrogen and oxygen atoms in total. The zero-order valence-corrected chi connectivity index (χ0v) is 12.1. The van der Waals surface area contributed by atoms with Crippen molar-refractivity contribution in [2.24, 2.45) is 0 Å². The average Bonchev–Trinajstić information content (AvgIpc) is 2.33. The topological polar surface area (TPSA) is 34.9 Å². The van der Waals surface area contributed by atoms with E-state index in [4.69, 9.17) is 11.6 Å². The number of hydrogen-bond acceptors (Lipinski definition) is 2. The Labute approximate surface area is 117 Å². The Kier molecular flexibility index (Phi) is 3.76. The van der Waals surface area contributed by atoms with Crippen LogP contribution in [-0.4, -0.2) is 9.55 Å². The molecule has 0 aliphatic rings. The minimum absolute atomic E-state index is 0.0826. The summed E-state index contributed by atoms with van der Waals surface area (Å²) in [5, 5.41) is 0.348. The predicted molar refractivity (Wildman–Crippen MR) is 77.8 cm³/mol. The molecule has 1 aromatic heterocycles. The zero-order chi connectivity index (χ0) is 14.0. The fourth-order valence-corrected chi connectivity index (χ4v) is 2.10. The summed E-state index contributed by atoms with van der Waals surface area (Å²) >= 11 is 6.02. The predicted octanol–water partition coefficient (Wildman–Crippen LogP) is 3.24. The summed E-state index contributed by atoms with van der Waals surface area (Å²) in [4.78, 5) is 16.6. The SMILES string of the molecule is CC(C)(C)c1nc(Cl)cn(Cc2ccccc2)c1=O. The van der Waals surface area contributed by atoms with Gasteiger partial charge in [-0.2, -0.15) is 0 Å². The Morgan fingerprint density at radius 1 is 1.21 bits per heavy atom.